The molecule has 0 spiro atoms. The summed E-state index contributed by atoms with van der Waals surface area (Å²) in [5.74, 6) is 1.95. The molecule has 1 fully saturated rings. The zero-order valence-corrected chi connectivity index (χ0v) is 13.8. The van der Waals surface area contributed by atoms with Gasteiger partial charge < -0.3 is 14.3 Å². The second kappa shape index (κ2) is 6.29. The Kier molecular flexibility index (Phi) is 4.37. The van der Waals surface area contributed by atoms with E-state index in [-0.39, 0.29) is 6.04 Å². The van der Waals surface area contributed by atoms with Gasteiger partial charge in [0.2, 0.25) is 11.8 Å². The zero-order valence-electron chi connectivity index (χ0n) is 13.8. The van der Waals surface area contributed by atoms with Gasteiger partial charge in [-0.3, -0.25) is 4.90 Å². The molecule has 6 nitrogen and oxygen atoms in total. The van der Waals surface area contributed by atoms with Crippen LogP contribution in [0.1, 0.15) is 37.1 Å². The number of aliphatic hydroxyl groups is 1. The second-order valence-electron chi connectivity index (χ2n) is 6.22. The van der Waals surface area contributed by atoms with Crippen molar-refractivity contribution in [2.75, 3.05) is 13.7 Å². The molecule has 1 aliphatic rings. The Balaban J connectivity index is 1.79. The van der Waals surface area contributed by atoms with E-state index in [0.29, 0.717) is 18.3 Å². The largest absolute Gasteiger partial charge is 0.497 e. The van der Waals surface area contributed by atoms with Gasteiger partial charge in [0.15, 0.2) is 0 Å². The Labute approximate surface area is 136 Å². The normalized spacial score (nSPS) is 21.3. The predicted octanol–water partition coefficient (Wildman–Crippen LogP) is 2.26. The van der Waals surface area contributed by atoms with Crippen molar-refractivity contribution in [3.63, 3.8) is 0 Å². The van der Waals surface area contributed by atoms with E-state index in [4.69, 9.17) is 9.15 Å². The average molecular weight is 317 g/mol. The highest BCUT2D eigenvalue weighted by atomic mass is 16.5. The monoisotopic (exact) mass is 317 g/mol. The second-order valence-corrected chi connectivity index (χ2v) is 6.22. The lowest BCUT2D eigenvalue weighted by Gasteiger charge is -2.36. The highest BCUT2D eigenvalue weighted by molar-refractivity contribution is 5.31. The van der Waals surface area contributed by atoms with E-state index in [1.165, 1.54) is 0 Å². The smallest absolute Gasteiger partial charge is 0.230 e. The van der Waals surface area contributed by atoms with Gasteiger partial charge in [-0.2, -0.15) is 0 Å². The van der Waals surface area contributed by atoms with E-state index in [1.54, 1.807) is 14.0 Å². The number of ether oxygens (including phenoxy) is 1. The number of hydrogen-bond acceptors (Lipinski definition) is 6. The van der Waals surface area contributed by atoms with E-state index in [1.807, 2.05) is 31.2 Å². The summed E-state index contributed by atoms with van der Waals surface area (Å²) in [4.78, 5) is 2.22. The molecular weight excluding hydrogens is 294 g/mol. The van der Waals surface area contributed by atoms with Gasteiger partial charge in [-0.05, 0) is 44.0 Å². The lowest BCUT2D eigenvalue weighted by molar-refractivity contribution is -0.0274. The highest BCUT2D eigenvalue weighted by Crippen LogP contribution is 2.35. The Morgan fingerprint density at radius 2 is 2.09 bits per heavy atom. The summed E-state index contributed by atoms with van der Waals surface area (Å²) in [6.07, 6.45) is 1.98. The quantitative estimate of drug-likeness (QED) is 0.912. The molecule has 0 unspecified atom stereocenters. The highest BCUT2D eigenvalue weighted by Gasteiger charge is 2.40. The van der Waals surface area contributed by atoms with Gasteiger partial charge in [0, 0.05) is 13.0 Å². The fraction of sp³-hybridized carbons (Fsp3) is 0.529. The van der Waals surface area contributed by atoms with Gasteiger partial charge in [-0.1, -0.05) is 12.1 Å². The van der Waals surface area contributed by atoms with Crippen molar-refractivity contribution in [3.05, 3.63) is 41.6 Å². The van der Waals surface area contributed by atoms with Crippen LogP contribution >= 0.6 is 0 Å². The standard InChI is InChI=1S/C17H23N3O3/c1-12-18-19-16(23-12)11-20-10-4-5-15(20)17(2,21)13-6-8-14(22-3)9-7-13/h6-9,15,21H,4-5,10-11H2,1-3H3/t15-,17+/m1/s1. The van der Waals surface area contributed by atoms with E-state index >= 15 is 0 Å². The molecule has 2 heterocycles. The van der Waals surface area contributed by atoms with Crippen molar-refractivity contribution in [2.24, 2.45) is 0 Å². The number of aryl methyl sites for hydroxylation is 1. The van der Waals surface area contributed by atoms with Crippen LogP contribution in [0.3, 0.4) is 0 Å². The minimum absolute atomic E-state index is 0.0168. The summed E-state index contributed by atoms with van der Waals surface area (Å²) >= 11 is 0. The predicted molar refractivity (Wildman–Crippen MR) is 85.0 cm³/mol. The summed E-state index contributed by atoms with van der Waals surface area (Å²) in [5.41, 5.74) is -0.0606. The van der Waals surface area contributed by atoms with Gasteiger partial charge in [-0.25, -0.2) is 0 Å². The van der Waals surface area contributed by atoms with Crippen LogP contribution in [0, 0.1) is 6.92 Å². The van der Waals surface area contributed by atoms with E-state index < -0.39 is 5.60 Å². The number of nitrogens with zero attached hydrogens (tertiary/aromatic N) is 3. The molecule has 3 rings (SSSR count). The third-order valence-corrected chi connectivity index (χ3v) is 4.59. The lowest BCUT2D eigenvalue weighted by atomic mass is 9.86. The Morgan fingerprint density at radius 1 is 1.35 bits per heavy atom. The van der Waals surface area contributed by atoms with Crippen LogP contribution in [0.2, 0.25) is 0 Å². The summed E-state index contributed by atoms with van der Waals surface area (Å²) in [5, 5.41) is 19.1. The van der Waals surface area contributed by atoms with E-state index in [2.05, 4.69) is 15.1 Å². The summed E-state index contributed by atoms with van der Waals surface area (Å²) in [6.45, 7) is 5.14. The number of methoxy groups -OCH3 is 1. The molecule has 0 radical (unpaired) electrons. The molecule has 2 aromatic rings. The Morgan fingerprint density at radius 3 is 2.70 bits per heavy atom. The summed E-state index contributed by atoms with van der Waals surface area (Å²) in [7, 11) is 1.64. The first-order chi connectivity index (χ1) is 11.0. The van der Waals surface area contributed by atoms with Crippen molar-refractivity contribution in [1.29, 1.82) is 0 Å². The molecule has 1 aromatic carbocycles. The molecule has 1 aliphatic heterocycles. The molecule has 1 N–H and O–H groups in total. The Bertz CT molecular complexity index is 651. The van der Waals surface area contributed by atoms with E-state index in [9.17, 15) is 5.11 Å². The van der Waals surface area contributed by atoms with Crippen LogP contribution in [0.25, 0.3) is 0 Å². The van der Waals surface area contributed by atoms with Crippen molar-refractivity contribution in [2.45, 2.75) is 44.9 Å². The summed E-state index contributed by atoms with van der Waals surface area (Å²) < 4.78 is 10.7. The lowest BCUT2D eigenvalue weighted by Crippen LogP contribution is -2.45. The third kappa shape index (κ3) is 3.23. The summed E-state index contributed by atoms with van der Waals surface area (Å²) in [6, 6.07) is 7.62. The maximum atomic E-state index is 11.2. The fourth-order valence-corrected chi connectivity index (χ4v) is 3.35. The molecule has 1 aromatic heterocycles. The third-order valence-electron chi connectivity index (χ3n) is 4.59. The number of hydrogen-bond donors (Lipinski definition) is 1. The van der Waals surface area contributed by atoms with Crippen molar-refractivity contribution >= 4 is 0 Å². The Hall–Kier alpha value is -1.92. The molecular formula is C17H23N3O3. The molecule has 0 saturated carbocycles. The van der Waals surface area contributed by atoms with Gasteiger partial charge in [-0.15, -0.1) is 10.2 Å². The first-order valence-corrected chi connectivity index (χ1v) is 7.90. The molecule has 0 amide bonds. The molecule has 0 aliphatic carbocycles. The number of rotatable bonds is 5. The van der Waals surface area contributed by atoms with Crippen LogP contribution in [-0.4, -0.2) is 39.9 Å². The van der Waals surface area contributed by atoms with Crippen LogP contribution < -0.4 is 4.74 Å². The van der Waals surface area contributed by atoms with Crippen LogP contribution in [0.4, 0.5) is 0 Å². The molecule has 2 atom stereocenters. The van der Waals surface area contributed by atoms with Crippen molar-refractivity contribution in [3.8, 4) is 5.75 Å². The van der Waals surface area contributed by atoms with Gasteiger partial charge in [0.25, 0.3) is 0 Å². The maximum absolute atomic E-state index is 11.2. The van der Waals surface area contributed by atoms with Crippen LogP contribution in [0.5, 0.6) is 5.75 Å². The van der Waals surface area contributed by atoms with Crippen molar-refractivity contribution in [1.82, 2.24) is 15.1 Å². The minimum atomic E-state index is -0.947. The first kappa shape index (κ1) is 16.0. The zero-order chi connectivity index (χ0) is 16.4. The average Bonchev–Trinajstić information content (AvgIpc) is 3.17. The van der Waals surface area contributed by atoms with E-state index in [0.717, 1.165) is 30.7 Å². The van der Waals surface area contributed by atoms with Gasteiger partial charge in [0.1, 0.15) is 11.4 Å². The van der Waals surface area contributed by atoms with Gasteiger partial charge >= 0.3 is 0 Å². The molecule has 23 heavy (non-hydrogen) atoms. The molecule has 1 saturated heterocycles. The number of aromatic nitrogens is 2. The molecule has 6 heteroatoms. The van der Waals surface area contributed by atoms with Crippen LogP contribution in [-0.2, 0) is 12.1 Å². The van der Waals surface area contributed by atoms with Crippen LogP contribution in [0.15, 0.2) is 28.7 Å². The topological polar surface area (TPSA) is 71.6 Å². The number of benzene rings is 1. The van der Waals surface area contributed by atoms with Gasteiger partial charge in [0.05, 0.1) is 13.7 Å². The maximum Gasteiger partial charge on any atom is 0.230 e. The number of likely N-dealkylation sites (tertiary alicyclic amines) is 1. The first-order valence-electron chi connectivity index (χ1n) is 7.90. The minimum Gasteiger partial charge on any atom is -0.497 e. The molecule has 124 valence electrons. The fourth-order valence-electron chi connectivity index (χ4n) is 3.35. The van der Waals surface area contributed by atoms with Crippen molar-refractivity contribution < 1.29 is 14.3 Å². The SMILES string of the molecule is COc1ccc([C@](C)(O)[C@H]2CCCN2Cc2nnc(C)o2)cc1. The molecule has 0 bridgehead atoms.